The molecule has 0 saturated heterocycles. The summed E-state index contributed by atoms with van der Waals surface area (Å²) < 4.78 is -2.13. The molecule has 328 valence electrons. The third-order valence-corrected chi connectivity index (χ3v) is 3.64. The maximum Gasteiger partial charge on any atom is -0.0548 e. The topological polar surface area (TPSA) is 163 Å². The molecule has 2 saturated carbocycles. The van der Waals surface area contributed by atoms with Crippen LogP contribution in [0.2, 0.25) is 0 Å². The van der Waals surface area contributed by atoms with Crippen molar-refractivity contribution >= 4 is 445 Å². The second-order valence-corrected chi connectivity index (χ2v) is 241. The molecule has 0 heterocycles. The van der Waals surface area contributed by atoms with E-state index in [-0.39, 0.29) is 239 Å². The van der Waals surface area contributed by atoms with Crippen LogP contribution in [0.15, 0.2) is 0 Å². The predicted molar refractivity (Wildman–Crippen MR) is 338 cm³/mol. The molecule has 2 rings (SSSR count). The average molecular weight is 3130 g/mol. The SMILES string of the molecule is C.C.C.C.C.C.C.I.NC1CCCCC1N.O.O.[Cl][Pt]([Cl])([Cl])[Cl].[H-].[I-].[I][Pt+2][I].[I][Pt]([I])([I])[I].[I][Pt]([I])([I])[I].[K+].[K+].[K][K].[K][K].[K][K].[NH-]C1CCCCC1[NH-]. The molecule has 0 aromatic carbocycles. The minimum atomic E-state index is -3.06. The first-order chi connectivity index (χ1) is 18.0. The molecule has 0 aromatic rings. The van der Waals surface area contributed by atoms with E-state index in [1.54, 1.807) is 0 Å². The zero-order valence-electron chi connectivity index (χ0n) is 27.5. The van der Waals surface area contributed by atoms with Gasteiger partial charge in [0.1, 0.15) is 0 Å². The smallest absolute Gasteiger partial charge is 0.0548 e. The number of nitrogens with two attached hydrogens (primary N) is 2. The Labute approximate surface area is 727 Å². The van der Waals surface area contributed by atoms with Crippen molar-refractivity contribution in [1.82, 2.24) is 0 Å². The molecule has 53 heavy (non-hydrogen) atoms. The van der Waals surface area contributed by atoms with E-state index in [1.165, 1.54) is 215 Å². The Balaban J connectivity index is -0.0000000120. The van der Waals surface area contributed by atoms with Crippen LogP contribution in [0.5, 0.6) is 0 Å². The minimum absolute atomic E-state index is 0. The van der Waals surface area contributed by atoms with Crippen LogP contribution in [-0.2, 0) is 25.8 Å². The Hall–Kier alpha value is 25.5. The van der Waals surface area contributed by atoms with E-state index in [2.05, 4.69) is 194 Å². The van der Waals surface area contributed by atoms with E-state index in [0.29, 0.717) is 11.2 Å². The van der Waals surface area contributed by atoms with Crippen LogP contribution < -0.4 is 138 Å². The summed E-state index contributed by atoms with van der Waals surface area (Å²) in [5, 5.41) is 0. The van der Waals surface area contributed by atoms with E-state index in [1.807, 2.05) is 0 Å². The predicted octanol–water partition coefficient (Wildman–Crippen LogP) is 6.48. The third kappa shape index (κ3) is 196. The van der Waals surface area contributed by atoms with Gasteiger partial charge in [0.25, 0.3) is 0 Å². The standard InChI is InChI=1S/C6H14N2.C6H12N2.7CH4.4ClH.12HI.8K.2H2O.4Pt.H/c2*7-5-3-1-2-4-6(5)8;;;;;;;;;;;;;;;;;;;;;;;;;;;;;;;;;;;;;;/h5-6H,1-4,7-8H2;5-8H,1-4H2;7*1H4;16*1H;;;;;;;;;2*1H2;;;;;/q;-2;;;;;;;;;;;;;;;;;;;;;;;;;;;;;;2*+1;;;4*+4;-1/p-15. The first kappa shape index (κ1) is 138. The fraction of sp³-hybridized carbons (Fsp3) is 1.00. The van der Waals surface area contributed by atoms with Crippen LogP contribution in [0.3, 0.4) is 0 Å². The number of halogens is 16. The Bertz CT molecular complexity index is 434. The Kier molecular flexibility index (Phi) is 283. The molecule has 4 atom stereocenters. The molecule has 34 heteroatoms. The van der Waals surface area contributed by atoms with Crippen LogP contribution >= 0.6 is 255 Å². The molecule has 4 unspecified atom stereocenters. The van der Waals surface area contributed by atoms with Crippen LogP contribution in [0.1, 0.15) is 105 Å². The summed E-state index contributed by atoms with van der Waals surface area (Å²) in [6.45, 7) is 0. The summed E-state index contributed by atoms with van der Waals surface area (Å²) in [5.74, 6) is 0. The van der Waals surface area contributed by atoms with Crippen molar-refractivity contribution in [1.29, 1.82) is 0 Å². The monoisotopic (exact) mass is 3130 g/mol. The molecule has 0 amide bonds. The van der Waals surface area contributed by atoms with Crippen molar-refractivity contribution in [2.45, 2.75) is 128 Å². The number of rotatable bonds is 0. The van der Waals surface area contributed by atoms with E-state index in [0.717, 1.165) is 25.7 Å². The Morgan fingerprint density at radius 1 is 0.528 bits per heavy atom. The van der Waals surface area contributed by atoms with Crippen molar-refractivity contribution in [2.75, 3.05) is 0 Å². The first-order valence-corrected chi connectivity index (χ1v) is 135. The molecular formula is C19H60Cl4I12K8N4O2Pt4. The number of hydrogen-bond donors (Lipinski definition) is 2. The zero-order chi connectivity index (χ0) is 34.2. The first-order valence-electron chi connectivity index (χ1n) is 11.2. The summed E-state index contributed by atoms with van der Waals surface area (Å²) in [6.07, 6.45) is 9.04. The zero-order valence-corrected chi connectivity index (χ0v) is 89.6. The molecule has 0 aliphatic heterocycles. The van der Waals surface area contributed by atoms with Crippen molar-refractivity contribution in [3.8, 4) is 0 Å². The fourth-order valence-corrected chi connectivity index (χ4v) is 2.32. The van der Waals surface area contributed by atoms with Gasteiger partial charge in [0, 0.05) is 12.1 Å². The molecule has 2 aliphatic rings. The molecule has 0 bridgehead atoms. The van der Waals surface area contributed by atoms with Gasteiger partial charge >= 0.3 is 549 Å². The summed E-state index contributed by atoms with van der Waals surface area (Å²) >= 11 is 29.9. The normalized spacial score (nSPS) is 17.2. The third-order valence-electron chi connectivity index (χ3n) is 3.64. The van der Waals surface area contributed by atoms with Gasteiger partial charge < -0.3 is 59.3 Å². The second kappa shape index (κ2) is 109. The van der Waals surface area contributed by atoms with Crippen LogP contribution in [0, 0.1) is 0 Å². The second-order valence-electron chi connectivity index (χ2n) is 5.97. The van der Waals surface area contributed by atoms with Crippen LogP contribution in [-0.4, -0.2) is 225 Å². The van der Waals surface area contributed by atoms with Gasteiger partial charge in [0.2, 0.25) is 0 Å². The van der Waals surface area contributed by atoms with Crippen molar-refractivity contribution in [3.05, 3.63) is 11.5 Å². The van der Waals surface area contributed by atoms with Crippen molar-refractivity contribution in [3.63, 3.8) is 0 Å². The Morgan fingerprint density at radius 3 is 0.698 bits per heavy atom. The summed E-state index contributed by atoms with van der Waals surface area (Å²) in [6, 6.07) is 0.403. The number of hydrogen-bond acceptors (Lipinski definition) is 2. The van der Waals surface area contributed by atoms with Gasteiger partial charge in [-0.2, -0.15) is 12.1 Å². The van der Waals surface area contributed by atoms with Gasteiger partial charge in [-0.3, -0.25) is 0 Å². The molecule has 2 aliphatic carbocycles. The van der Waals surface area contributed by atoms with Crippen molar-refractivity contribution in [2.24, 2.45) is 11.5 Å². The summed E-state index contributed by atoms with van der Waals surface area (Å²) in [7, 11) is 20.0. The van der Waals surface area contributed by atoms with E-state index >= 15 is 0 Å². The van der Waals surface area contributed by atoms with Gasteiger partial charge in [0.05, 0.1) is 0 Å². The molecule has 2 fully saturated rings. The maximum absolute atomic E-state index is 7.29. The summed E-state index contributed by atoms with van der Waals surface area (Å²) in [5.41, 5.74) is 25.9. The number of nitrogens with one attached hydrogen (secondary N) is 2. The fourth-order valence-electron chi connectivity index (χ4n) is 2.32. The molecule has 0 spiro atoms. The van der Waals surface area contributed by atoms with Crippen LogP contribution in [0.25, 0.3) is 11.5 Å². The molecule has 10 N–H and O–H groups in total. The van der Waals surface area contributed by atoms with Gasteiger partial charge in [-0.15, -0.1) is 24.0 Å². The van der Waals surface area contributed by atoms with Crippen molar-refractivity contribution < 1.29 is 165 Å². The van der Waals surface area contributed by atoms with Crippen LogP contribution in [0.4, 0.5) is 0 Å². The van der Waals surface area contributed by atoms with E-state index in [9.17, 15) is 0 Å². The van der Waals surface area contributed by atoms with Gasteiger partial charge in [-0.25, -0.2) is 0 Å². The van der Waals surface area contributed by atoms with E-state index < -0.39 is 14.6 Å². The average Bonchev–Trinajstić information content (AvgIpc) is 2.80. The van der Waals surface area contributed by atoms with E-state index in [4.69, 9.17) is 60.6 Å². The quantitative estimate of drug-likeness (QED) is 0.210. The largest absolute Gasteiger partial charge is 0.676 e. The maximum atomic E-state index is 7.29. The van der Waals surface area contributed by atoms with Gasteiger partial charge in [-0.05, 0) is 12.8 Å². The molecule has 6 nitrogen and oxygen atoms in total. The Morgan fingerprint density at radius 2 is 0.623 bits per heavy atom. The van der Waals surface area contributed by atoms with Gasteiger partial charge in [-0.1, -0.05) is 90.5 Å². The minimum Gasteiger partial charge on any atom is -0.676 e. The molecule has 0 radical (unpaired) electrons. The molecular weight excluding hydrogens is 3070 g/mol. The van der Waals surface area contributed by atoms with Gasteiger partial charge in [0.15, 0.2) is 0 Å². The molecule has 0 aromatic heterocycles. The summed E-state index contributed by atoms with van der Waals surface area (Å²) in [4.78, 5) is 0.